The third-order valence-corrected chi connectivity index (χ3v) is 5.44. The van der Waals surface area contributed by atoms with Crippen molar-refractivity contribution in [3.8, 4) is 0 Å². The van der Waals surface area contributed by atoms with Crippen molar-refractivity contribution in [1.82, 2.24) is 10.2 Å². The minimum absolute atomic E-state index is 0. The van der Waals surface area contributed by atoms with E-state index >= 15 is 0 Å². The van der Waals surface area contributed by atoms with E-state index in [2.05, 4.69) is 48.3 Å². The second kappa shape index (κ2) is 8.87. The molecule has 3 rings (SSSR count). The molecule has 3 nitrogen and oxygen atoms in total. The molecule has 2 aliphatic heterocycles. The highest BCUT2D eigenvalue weighted by Crippen LogP contribution is 2.33. The predicted octanol–water partition coefficient (Wildman–Crippen LogP) is 4.25. The molecule has 1 amide bonds. The molecule has 0 aromatic heterocycles. The number of nitrogens with one attached hydrogen (secondary N) is 1. The van der Waals surface area contributed by atoms with Crippen LogP contribution in [-0.2, 0) is 4.79 Å². The van der Waals surface area contributed by atoms with Gasteiger partial charge in [-0.15, -0.1) is 12.4 Å². The molecule has 1 unspecified atom stereocenters. The van der Waals surface area contributed by atoms with Crippen LogP contribution in [0.1, 0.15) is 62.6 Å². The fourth-order valence-corrected chi connectivity index (χ4v) is 4.19. The highest BCUT2D eigenvalue weighted by atomic mass is 35.5. The molecule has 0 saturated carbocycles. The van der Waals surface area contributed by atoms with Crippen molar-refractivity contribution in [3.63, 3.8) is 0 Å². The minimum Gasteiger partial charge on any atom is -0.335 e. The van der Waals surface area contributed by atoms with Gasteiger partial charge < -0.3 is 10.2 Å². The zero-order valence-corrected chi connectivity index (χ0v) is 15.8. The fraction of sp³-hybridized carbons (Fsp3) is 0.650. The lowest BCUT2D eigenvalue weighted by molar-refractivity contribution is -0.139. The summed E-state index contributed by atoms with van der Waals surface area (Å²) in [6.45, 7) is 6.23. The van der Waals surface area contributed by atoms with Crippen LogP contribution in [0.15, 0.2) is 24.3 Å². The number of carbonyl (C=O) groups excluding carboxylic acids is 1. The number of amides is 1. The monoisotopic (exact) mass is 350 g/mol. The summed E-state index contributed by atoms with van der Waals surface area (Å²) in [7, 11) is 0. The molecule has 0 bridgehead atoms. The predicted molar refractivity (Wildman–Crippen MR) is 102 cm³/mol. The first-order chi connectivity index (χ1) is 11.1. The Morgan fingerprint density at radius 3 is 2.79 bits per heavy atom. The van der Waals surface area contributed by atoms with Crippen molar-refractivity contribution in [2.75, 3.05) is 13.1 Å². The maximum absolute atomic E-state index is 13.2. The number of hydrogen-bond acceptors (Lipinski definition) is 2. The summed E-state index contributed by atoms with van der Waals surface area (Å²) < 4.78 is 0. The van der Waals surface area contributed by atoms with Gasteiger partial charge in [-0.2, -0.15) is 0 Å². The van der Waals surface area contributed by atoms with Crippen LogP contribution in [0.25, 0.3) is 0 Å². The minimum atomic E-state index is 0. The maximum Gasteiger partial charge on any atom is 0.226 e. The van der Waals surface area contributed by atoms with Crippen molar-refractivity contribution in [2.45, 2.75) is 64.5 Å². The Morgan fingerprint density at radius 2 is 2.04 bits per heavy atom. The van der Waals surface area contributed by atoms with E-state index in [1.807, 2.05) is 0 Å². The lowest BCUT2D eigenvalue weighted by Crippen LogP contribution is -2.45. The molecule has 0 radical (unpaired) electrons. The van der Waals surface area contributed by atoms with Crippen LogP contribution in [0.2, 0.25) is 0 Å². The third kappa shape index (κ3) is 4.52. The Balaban J connectivity index is 0.00000208. The van der Waals surface area contributed by atoms with Gasteiger partial charge in [0.1, 0.15) is 0 Å². The Morgan fingerprint density at radius 1 is 1.21 bits per heavy atom. The Labute approximate surface area is 152 Å². The molecule has 2 fully saturated rings. The van der Waals surface area contributed by atoms with Gasteiger partial charge in [0.05, 0.1) is 6.04 Å². The molecule has 2 heterocycles. The number of likely N-dealkylation sites (tertiary alicyclic amines) is 1. The number of rotatable bonds is 2. The van der Waals surface area contributed by atoms with Crippen LogP contribution < -0.4 is 5.32 Å². The van der Waals surface area contributed by atoms with Crippen LogP contribution in [0, 0.1) is 12.8 Å². The molecule has 1 N–H and O–H groups in total. The third-order valence-electron chi connectivity index (χ3n) is 5.44. The van der Waals surface area contributed by atoms with E-state index in [0.29, 0.717) is 11.9 Å². The van der Waals surface area contributed by atoms with Gasteiger partial charge in [-0.1, -0.05) is 42.7 Å². The Bertz CT molecular complexity index is 548. The zero-order valence-electron chi connectivity index (χ0n) is 15.0. The van der Waals surface area contributed by atoms with E-state index in [1.165, 1.54) is 24.0 Å². The van der Waals surface area contributed by atoms with Crippen molar-refractivity contribution in [1.29, 1.82) is 0 Å². The number of aryl methyl sites for hydroxylation is 1. The van der Waals surface area contributed by atoms with E-state index in [0.717, 1.165) is 38.8 Å². The van der Waals surface area contributed by atoms with Crippen molar-refractivity contribution in [2.24, 2.45) is 5.92 Å². The summed E-state index contributed by atoms with van der Waals surface area (Å²) in [6.07, 6.45) is 6.69. The van der Waals surface area contributed by atoms with E-state index in [4.69, 9.17) is 0 Å². The first-order valence-corrected chi connectivity index (χ1v) is 9.25. The van der Waals surface area contributed by atoms with Crippen LogP contribution in [0.4, 0.5) is 0 Å². The molecule has 1 aromatic rings. The molecule has 2 aliphatic rings. The average molecular weight is 351 g/mol. The van der Waals surface area contributed by atoms with E-state index in [9.17, 15) is 4.79 Å². The van der Waals surface area contributed by atoms with E-state index < -0.39 is 0 Å². The Hall–Kier alpha value is -1.06. The van der Waals surface area contributed by atoms with Crippen LogP contribution in [-0.4, -0.2) is 29.9 Å². The van der Waals surface area contributed by atoms with Gasteiger partial charge in [0, 0.05) is 18.5 Å². The number of nitrogens with zero attached hydrogens (tertiary/aromatic N) is 1. The van der Waals surface area contributed by atoms with Gasteiger partial charge in [-0.3, -0.25) is 4.79 Å². The summed E-state index contributed by atoms with van der Waals surface area (Å²) in [5, 5.41) is 3.46. The molecule has 1 aromatic carbocycles. The molecule has 134 valence electrons. The van der Waals surface area contributed by atoms with Gasteiger partial charge in [-0.25, -0.2) is 0 Å². The summed E-state index contributed by atoms with van der Waals surface area (Å²) >= 11 is 0. The smallest absolute Gasteiger partial charge is 0.226 e. The summed E-state index contributed by atoms with van der Waals surface area (Å²) in [6, 6.07) is 9.47. The van der Waals surface area contributed by atoms with Crippen molar-refractivity contribution in [3.05, 3.63) is 35.4 Å². The largest absolute Gasteiger partial charge is 0.335 e. The quantitative estimate of drug-likeness (QED) is 0.864. The fourth-order valence-electron chi connectivity index (χ4n) is 4.19. The standard InChI is InChI=1S/C20H30N2O.ClH/c1-15-7-6-8-17(13-15)19-9-4-3-5-12-22(19)20(23)18-10-11-21-16(2)14-18;/h6-8,13,16,18-19,21H,3-5,9-12,14H2,1-2H3;1H/t16-,18-,19?;/m0./s1. The highest BCUT2D eigenvalue weighted by Gasteiger charge is 2.33. The van der Waals surface area contributed by atoms with E-state index in [-0.39, 0.29) is 24.4 Å². The topological polar surface area (TPSA) is 32.3 Å². The number of hydrogen-bond donors (Lipinski definition) is 1. The second-order valence-electron chi connectivity index (χ2n) is 7.39. The normalized spacial score (nSPS) is 27.9. The second-order valence-corrected chi connectivity index (χ2v) is 7.39. The summed E-state index contributed by atoms with van der Waals surface area (Å²) in [5.41, 5.74) is 2.61. The molecule has 24 heavy (non-hydrogen) atoms. The average Bonchev–Trinajstić information content (AvgIpc) is 2.80. The highest BCUT2D eigenvalue weighted by molar-refractivity contribution is 5.85. The van der Waals surface area contributed by atoms with Gasteiger partial charge in [0.2, 0.25) is 5.91 Å². The first-order valence-electron chi connectivity index (χ1n) is 9.25. The van der Waals surface area contributed by atoms with Gasteiger partial charge in [0.25, 0.3) is 0 Å². The number of carbonyl (C=O) groups is 1. The molecular weight excluding hydrogens is 320 g/mol. The molecular formula is C20H31ClN2O. The summed E-state index contributed by atoms with van der Waals surface area (Å²) in [4.78, 5) is 15.4. The summed E-state index contributed by atoms with van der Waals surface area (Å²) in [5.74, 6) is 0.600. The van der Waals surface area contributed by atoms with Crippen molar-refractivity contribution < 1.29 is 4.79 Å². The molecule has 2 saturated heterocycles. The van der Waals surface area contributed by atoms with Gasteiger partial charge >= 0.3 is 0 Å². The Kier molecular flexibility index (Phi) is 7.12. The maximum atomic E-state index is 13.2. The van der Waals surface area contributed by atoms with Crippen LogP contribution >= 0.6 is 12.4 Å². The van der Waals surface area contributed by atoms with Gasteiger partial charge in [-0.05, 0) is 51.6 Å². The molecule has 4 heteroatoms. The van der Waals surface area contributed by atoms with Gasteiger partial charge in [0.15, 0.2) is 0 Å². The lowest BCUT2D eigenvalue weighted by Gasteiger charge is -2.36. The lowest BCUT2D eigenvalue weighted by atomic mass is 9.90. The number of benzene rings is 1. The first kappa shape index (κ1) is 19.3. The molecule has 0 spiro atoms. The number of piperidine rings is 1. The SMILES string of the molecule is Cc1cccc(C2CCCCCN2C(=O)[C@H]2CCN[C@@H](C)C2)c1.Cl. The van der Waals surface area contributed by atoms with Crippen molar-refractivity contribution >= 4 is 18.3 Å². The van der Waals surface area contributed by atoms with E-state index in [1.54, 1.807) is 0 Å². The molecule has 0 aliphatic carbocycles. The van der Waals surface area contributed by atoms with Crippen LogP contribution in [0.3, 0.4) is 0 Å². The number of halogens is 1. The zero-order chi connectivity index (χ0) is 16.2. The molecule has 3 atom stereocenters. The van der Waals surface area contributed by atoms with Crippen LogP contribution in [0.5, 0.6) is 0 Å².